The zero-order chi connectivity index (χ0) is 9.14. The van der Waals surface area contributed by atoms with Gasteiger partial charge in [0, 0.05) is 8.00 Å². The van der Waals surface area contributed by atoms with Crippen molar-refractivity contribution in [3.8, 4) is 0 Å². The van der Waals surface area contributed by atoms with Crippen LogP contribution < -0.4 is 0 Å². The van der Waals surface area contributed by atoms with Crippen molar-refractivity contribution in [2.45, 2.75) is 8.16 Å². The lowest BCUT2D eigenvalue weighted by molar-refractivity contribution is 1.29. The molecule has 66 valence electrons. The second kappa shape index (κ2) is 5.50. The first-order valence-corrected chi connectivity index (χ1v) is 7.71. The molecule has 0 aliphatic rings. The maximum absolute atomic E-state index is 3.51. The summed E-state index contributed by atoms with van der Waals surface area (Å²) in [4.78, 5) is 0. The molecule has 0 bridgehead atoms. The Morgan fingerprint density at radius 3 is 2.50 bits per heavy atom. The molecule has 0 radical (unpaired) electrons. The van der Waals surface area contributed by atoms with Crippen LogP contribution in [0.15, 0.2) is 18.2 Å². The zero-order valence-corrected chi connectivity index (χ0v) is 13.5. The van der Waals surface area contributed by atoms with E-state index >= 15 is 0 Å². The van der Waals surface area contributed by atoms with Crippen LogP contribution in [0.4, 0.5) is 0 Å². The van der Waals surface area contributed by atoms with Gasteiger partial charge < -0.3 is 0 Å². The second-order valence-electron chi connectivity index (χ2n) is 2.28. The van der Waals surface area contributed by atoms with Crippen molar-refractivity contribution in [1.82, 2.24) is 0 Å². The lowest BCUT2D eigenvalue weighted by Gasteiger charge is -2.08. The minimum atomic E-state index is 0.270. The third-order valence-electron chi connectivity index (χ3n) is 1.48. The molecule has 0 unspecified atom stereocenters. The number of benzene rings is 1. The lowest BCUT2D eigenvalue weighted by Crippen LogP contribution is -1.90. The number of halogens is 4. The second-order valence-corrected chi connectivity index (χ2v) is 7.35. The van der Waals surface area contributed by atoms with Crippen LogP contribution in [0.1, 0.15) is 14.9 Å². The Hall–Kier alpha value is 1.64. The van der Waals surface area contributed by atoms with Crippen LogP contribution in [0.2, 0.25) is 0 Å². The van der Waals surface area contributed by atoms with Crippen molar-refractivity contribution >= 4 is 77.0 Å². The summed E-state index contributed by atoms with van der Waals surface area (Å²) in [6.07, 6.45) is 0. The largest absolute Gasteiger partial charge is 0.0949 e. The van der Waals surface area contributed by atoms with E-state index in [0.717, 1.165) is 4.43 Å². The van der Waals surface area contributed by atoms with Crippen molar-refractivity contribution in [1.29, 1.82) is 0 Å². The quantitative estimate of drug-likeness (QED) is 0.384. The summed E-state index contributed by atoms with van der Waals surface area (Å²) in [5.74, 6) is 0. The summed E-state index contributed by atoms with van der Waals surface area (Å²) in [7, 11) is 0. The van der Waals surface area contributed by atoms with Crippen LogP contribution >= 0.6 is 77.0 Å². The lowest BCUT2D eigenvalue weighted by atomic mass is 10.1. The Kier molecular flexibility index (Phi) is 5.37. The zero-order valence-electron chi connectivity index (χ0n) is 6.03. The van der Waals surface area contributed by atoms with Crippen LogP contribution in [0, 0.1) is 3.57 Å². The predicted octanol–water partition coefficient (Wildman–Crippen LogP) is 5.01. The summed E-state index contributed by atoms with van der Waals surface area (Å²) in [5, 5.41) is 0. The molecule has 4 heteroatoms. The molecular formula is C8H6Br2I2. The Balaban J connectivity index is 3.11. The molecule has 0 spiro atoms. The molecule has 0 amide bonds. The average Bonchev–Trinajstić information content (AvgIpc) is 2.03. The molecule has 1 aromatic rings. The Morgan fingerprint density at radius 1 is 1.33 bits per heavy atom. The maximum Gasteiger partial charge on any atom is 0.0949 e. The van der Waals surface area contributed by atoms with Crippen LogP contribution in [-0.2, 0) is 4.43 Å². The van der Waals surface area contributed by atoms with E-state index in [2.05, 4.69) is 95.2 Å². The van der Waals surface area contributed by atoms with Gasteiger partial charge in [-0.1, -0.05) is 60.5 Å². The highest BCUT2D eigenvalue weighted by atomic mass is 127. The molecule has 0 fully saturated rings. The topological polar surface area (TPSA) is 0 Å². The van der Waals surface area contributed by atoms with Crippen LogP contribution in [0.5, 0.6) is 0 Å². The SMILES string of the molecule is BrC(Br)c1ccc(I)cc1CI. The molecule has 12 heavy (non-hydrogen) atoms. The monoisotopic (exact) mass is 514 g/mol. The summed E-state index contributed by atoms with van der Waals surface area (Å²) in [5.41, 5.74) is 2.71. The van der Waals surface area contributed by atoms with E-state index in [1.165, 1.54) is 14.7 Å². The molecule has 1 aromatic carbocycles. The molecule has 0 heterocycles. The summed E-state index contributed by atoms with van der Waals surface area (Å²) in [6, 6.07) is 6.50. The molecular weight excluding hydrogens is 510 g/mol. The van der Waals surface area contributed by atoms with Gasteiger partial charge in [-0.05, 0) is 45.9 Å². The first-order valence-electron chi connectivity index (χ1n) is 3.27. The minimum absolute atomic E-state index is 0.270. The Labute approximate surface area is 116 Å². The highest BCUT2D eigenvalue weighted by Gasteiger charge is 2.07. The van der Waals surface area contributed by atoms with Gasteiger partial charge in [-0.15, -0.1) is 0 Å². The van der Waals surface area contributed by atoms with Crippen LogP contribution in [0.25, 0.3) is 0 Å². The van der Waals surface area contributed by atoms with Crippen LogP contribution in [0.3, 0.4) is 0 Å². The van der Waals surface area contributed by atoms with Crippen molar-refractivity contribution < 1.29 is 0 Å². The first-order chi connectivity index (χ1) is 5.65. The molecule has 1 rings (SSSR count). The predicted molar refractivity (Wildman–Crippen MR) is 77.5 cm³/mol. The third kappa shape index (κ3) is 3.09. The van der Waals surface area contributed by atoms with Gasteiger partial charge in [0.05, 0.1) is 3.74 Å². The van der Waals surface area contributed by atoms with Crippen molar-refractivity contribution in [2.75, 3.05) is 0 Å². The third-order valence-corrected chi connectivity index (χ3v) is 3.96. The summed E-state index contributed by atoms with van der Waals surface area (Å²) < 4.78 is 2.62. The normalized spacial score (nSPS) is 10.8. The van der Waals surface area contributed by atoms with E-state index in [9.17, 15) is 0 Å². The molecule has 0 saturated carbocycles. The number of hydrogen-bond acceptors (Lipinski definition) is 0. The van der Waals surface area contributed by atoms with Gasteiger partial charge in [-0.2, -0.15) is 0 Å². The number of hydrogen-bond donors (Lipinski definition) is 0. The molecule has 0 N–H and O–H groups in total. The highest BCUT2D eigenvalue weighted by Crippen LogP contribution is 2.33. The van der Waals surface area contributed by atoms with Gasteiger partial charge in [0.2, 0.25) is 0 Å². The molecule has 0 atom stereocenters. The van der Waals surface area contributed by atoms with E-state index in [1.54, 1.807) is 0 Å². The number of rotatable bonds is 2. The van der Waals surface area contributed by atoms with Crippen molar-refractivity contribution in [2.24, 2.45) is 0 Å². The van der Waals surface area contributed by atoms with Gasteiger partial charge in [0.15, 0.2) is 0 Å². The van der Waals surface area contributed by atoms with Gasteiger partial charge in [-0.3, -0.25) is 0 Å². The minimum Gasteiger partial charge on any atom is -0.0812 e. The van der Waals surface area contributed by atoms with Crippen molar-refractivity contribution in [3.63, 3.8) is 0 Å². The average molecular weight is 516 g/mol. The maximum atomic E-state index is 3.51. The van der Waals surface area contributed by atoms with E-state index in [4.69, 9.17) is 0 Å². The fourth-order valence-electron chi connectivity index (χ4n) is 0.903. The fraction of sp³-hybridized carbons (Fsp3) is 0.250. The van der Waals surface area contributed by atoms with Gasteiger partial charge in [0.25, 0.3) is 0 Å². The first kappa shape index (κ1) is 11.7. The van der Waals surface area contributed by atoms with E-state index in [0.29, 0.717) is 0 Å². The smallest absolute Gasteiger partial charge is 0.0812 e. The standard InChI is InChI=1S/C8H6Br2I2/c9-8(10)7-2-1-6(12)3-5(7)4-11/h1-3,8H,4H2. The summed E-state index contributed by atoms with van der Waals surface area (Å²) >= 11 is 11.7. The van der Waals surface area contributed by atoms with Gasteiger partial charge >= 0.3 is 0 Å². The summed E-state index contributed by atoms with van der Waals surface area (Å²) in [6.45, 7) is 0. The number of alkyl halides is 3. The highest BCUT2D eigenvalue weighted by molar-refractivity contribution is 14.1. The van der Waals surface area contributed by atoms with E-state index < -0.39 is 0 Å². The van der Waals surface area contributed by atoms with Gasteiger partial charge in [0.1, 0.15) is 0 Å². The Morgan fingerprint density at radius 2 is 2.00 bits per heavy atom. The molecule has 0 aromatic heterocycles. The Bertz CT molecular complexity index is 274. The van der Waals surface area contributed by atoms with Crippen molar-refractivity contribution in [3.05, 3.63) is 32.9 Å². The van der Waals surface area contributed by atoms with Gasteiger partial charge in [-0.25, -0.2) is 0 Å². The van der Waals surface area contributed by atoms with Crippen LogP contribution in [-0.4, -0.2) is 0 Å². The van der Waals surface area contributed by atoms with E-state index in [1.807, 2.05) is 0 Å². The van der Waals surface area contributed by atoms with E-state index in [-0.39, 0.29) is 3.74 Å². The fourth-order valence-corrected chi connectivity index (χ4v) is 3.01. The molecule has 0 nitrogen and oxygen atoms in total. The molecule has 0 saturated heterocycles. The molecule has 0 aliphatic heterocycles. The molecule has 0 aliphatic carbocycles.